The zero-order valence-electron chi connectivity index (χ0n) is 8.69. The highest BCUT2D eigenvalue weighted by Gasteiger charge is 2.08. The highest BCUT2D eigenvalue weighted by Crippen LogP contribution is 1.99. The van der Waals surface area contributed by atoms with E-state index in [1.807, 2.05) is 13.8 Å². The number of hydrogen-bond donors (Lipinski definition) is 1. The van der Waals surface area contributed by atoms with Gasteiger partial charge in [-0.15, -0.1) is 0 Å². The molecule has 0 aliphatic heterocycles. The van der Waals surface area contributed by atoms with E-state index in [9.17, 15) is 4.79 Å². The van der Waals surface area contributed by atoms with E-state index in [0.29, 0.717) is 19.8 Å². The summed E-state index contributed by atoms with van der Waals surface area (Å²) < 4.78 is 14.8. The minimum Gasteiger partial charge on any atom is -0.450 e. The van der Waals surface area contributed by atoms with Gasteiger partial charge in [0.15, 0.2) is 0 Å². The summed E-state index contributed by atoms with van der Waals surface area (Å²) >= 11 is 0. The number of carboxylic acid groups (broad SMARTS) is 1. The number of rotatable bonds is 8. The quantitative estimate of drug-likeness (QED) is 0.481. The monoisotopic (exact) mass is 206 g/mol. The van der Waals surface area contributed by atoms with Crippen molar-refractivity contribution in [3.05, 3.63) is 0 Å². The lowest BCUT2D eigenvalue weighted by atomic mass is 10.3. The molecular formula is C9H18O5. The summed E-state index contributed by atoms with van der Waals surface area (Å²) in [6, 6.07) is 0. The molecule has 1 N–H and O–H groups in total. The van der Waals surface area contributed by atoms with Crippen LogP contribution < -0.4 is 0 Å². The van der Waals surface area contributed by atoms with E-state index in [1.165, 1.54) is 0 Å². The first kappa shape index (κ1) is 13.2. The van der Waals surface area contributed by atoms with Crippen molar-refractivity contribution < 1.29 is 24.1 Å². The Bertz CT molecular complexity index is 148. The van der Waals surface area contributed by atoms with Crippen molar-refractivity contribution in [2.24, 2.45) is 0 Å². The second-order valence-corrected chi connectivity index (χ2v) is 2.67. The normalized spacial score (nSPS) is 12.4. The molecule has 14 heavy (non-hydrogen) atoms. The molecule has 84 valence electrons. The van der Waals surface area contributed by atoms with E-state index < -0.39 is 6.16 Å². The molecule has 0 spiro atoms. The minimum atomic E-state index is -1.27. The SMILES string of the molecule is CCOCCOC(CC)COC(=O)O. The molecule has 0 rings (SSSR count). The fraction of sp³-hybridized carbons (Fsp3) is 0.889. The molecule has 0 aliphatic rings. The van der Waals surface area contributed by atoms with E-state index in [-0.39, 0.29) is 12.7 Å². The molecule has 1 atom stereocenters. The maximum atomic E-state index is 10.1. The zero-order chi connectivity index (χ0) is 10.8. The molecule has 0 aliphatic carbocycles. The Labute approximate surface area is 84.0 Å². The van der Waals surface area contributed by atoms with Gasteiger partial charge in [0.05, 0.1) is 19.3 Å². The van der Waals surface area contributed by atoms with Crippen molar-refractivity contribution in [3.63, 3.8) is 0 Å². The van der Waals surface area contributed by atoms with Gasteiger partial charge in [-0.05, 0) is 13.3 Å². The first-order chi connectivity index (χ1) is 6.70. The highest BCUT2D eigenvalue weighted by molar-refractivity contribution is 5.56. The zero-order valence-corrected chi connectivity index (χ0v) is 8.69. The molecule has 0 bridgehead atoms. The molecule has 1 unspecified atom stereocenters. The summed E-state index contributed by atoms with van der Waals surface area (Å²) in [6.07, 6.45) is -0.720. The van der Waals surface area contributed by atoms with E-state index in [0.717, 1.165) is 6.42 Å². The lowest BCUT2D eigenvalue weighted by Crippen LogP contribution is -2.22. The van der Waals surface area contributed by atoms with Crippen molar-refractivity contribution >= 4 is 6.16 Å². The van der Waals surface area contributed by atoms with Gasteiger partial charge in [-0.2, -0.15) is 0 Å². The lowest BCUT2D eigenvalue weighted by Gasteiger charge is -2.14. The van der Waals surface area contributed by atoms with Crippen LogP contribution in [0.2, 0.25) is 0 Å². The smallest absolute Gasteiger partial charge is 0.450 e. The van der Waals surface area contributed by atoms with Crippen LogP contribution in [0.15, 0.2) is 0 Å². The number of hydrogen-bond acceptors (Lipinski definition) is 4. The summed E-state index contributed by atoms with van der Waals surface area (Å²) in [5.41, 5.74) is 0. The van der Waals surface area contributed by atoms with Gasteiger partial charge in [0.2, 0.25) is 0 Å². The fourth-order valence-corrected chi connectivity index (χ4v) is 0.866. The molecule has 0 heterocycles. The number of carbonyl (C=O) groups is 1. The predicted molar refractivity (Wildman–Crippen MR) is 50.5 cm³/mol. The van der Waals surface area contributed by atoms with Gasteiger partial charge in [0.25, 0.3) is 0 Å². The first-order valence-corrected chi connectivity index (χ1v) is 4.75. The predicted octanol–water partition coefficient (Wildman–Crippen LogP) is 1.51. The molecule has 0 fully saturated rings. The standard InChI is InChI=1S/C9H18O5/c1-3-8(7-14-9(10)11)13-6-5-12-4-2/h8H,3-7H2,1-2H3,(H,10,11). The van der Waals surface area contributed by atoms with Crippen molar-refractivity contribution in [1.29, 1.82) is 0 Å². The van der Waals surface area contributed by atoms with Crippen LogP contribution in [0.5, 0.6) is 0 Å². The van der Waals surface area contributed by atoms with Crippen molar-refractivity contribution in [2.75, 3.05) is 26.4 Å². The summed E-state index contributed by atoms with van der Waals surface area (Å²) in [6.45, 7) is 5.56. The third kappa shape index (κ3) is 7.82. The summed E-state index contributed by atoms with van der Waals surface area (Å²) in [5.74, 6) is 0. The van der Waals surface area contributed by atoms with E-state index in [1.54, 1.807) is 0 Å². The average molecular weight is 206 g/mol. The maximum absolute atomic E-state index is 10.1. The van der Waals surface area contributed by atoms with Gasteiger partial charge in [0, 0.05) is 6.61 Å². The second kappa shape index (κ2) is 8.77. The topological polar surface area (TPSA) is 65.0 Å². The molecule has 0 amide bonds. The van der Waals surface area contributed by atoms with Gasteiger partial charge in [-0.25, -0.2) is 4.79 Å². The Morgan fingerprint density at radius 1 is 1.36 bits per heavy atom. The molecule has 0 aromatic rings. The Morgan fingerprint density at radius 2 is 2.07 bits per heavy atom. The van der Waals surface area contributed by atoms with Gasteiger partial charge in [0.1, 0.15) is 6.61 Å². The van der Waals surface area contributed by atoms with Gasteiger partial charge in [-0.3, -0.25) is 0 Å². The second-order valence-electron chi connectivity index (χ2n) is 2.67. The van der Waals surface area contributed by atoms with Gasteiger partial charge >= 0.3 is 6.16 Å². The van der Waals surface area contributed by atoms with E-state index >= 15 is 0 Å². The molecule has 0 aromatic carbocycles. The molecule has 0 aromatic heterocycles. The molecule has 0 saturated heterocycles. The first-order valence-electron chi connectivity index (χ1n) is 4.75. The summed E-state index contributed by atoms with van der Waals surface area (Å²) in [4.78, 5) is 10.1. The van der Waals surface area contributed by atoms with E-state index in [4.69, 9.17) is 14.6 Å². The fourth-order valence-electron chi connectivity index (χ4n) is 0.866. The molecule has 5 nitrogen and oxygen atoms in total. The molecule has 5 heteroatoms. The molecular weight excluding hydrogens is 188 g/mol. The molecule has 0 radical (unpaired) electrons. The van der Waals surface area contributed by atoms with Gasteiger partial charge < -0.3 is 19.3 Å². The third-order valence-electron chi connectivity index (χ3n) is 1.63. The van der Waals surface area contributed by atoms with Gasteiger partial charge in [-0.1, -0.05) is 6.92 Å². The highest BCUT2D eigenvalue weighted by atomic mass is 16.7. The summed E-state index contributed by atoms with van der Waals surface area (Å²) in [7, 11) is 0. The van der Waals surface area contributed by atoms with Crippen LogP contribution in [-0.4, -0.2) is 43.8 Å². The van der Waals surface area contributed by atoms with Crippen LogP contribution >= 0.6 is 0 Å². The van der Waals surface area contributed by atoms with E-state index in [2.05, 4.69) is 4.74 Å². The van der Waals surface area contributed by atoms with Crippen LogP contribution in [-0.2, 0) is 14.2 Å². The Balaban J connectivity index is 3.42. The number of ether oxygens (including phenoxy) is 3. The van der Waals surface area contributed by atoms with Crippen molar-refractivity contribution in [1.82, 2.24) is 0 Å². The lowest BCUT2D eigenvalue weighted by molar-refractivity contribution is -0.0298. The Morgan fingerprint density at radius 3 is 2.57 bits per heavy atom. The average Bonchev–Trinajstić information content (AvgIpc) is 2.16. The van der Waals surface area contributed by atoms with Crippen molar-refractivity contribution in [2.45, 2.75) is 26.4 Å². The van der Waals surface area contributed by atoms with Crippen LogP contribution in [0.3, 0.4) is 0 Å². The third-order valence-corrected chi connectivity index (χ3v) is 1.63. The van der Waals surface area contributed by atoms with Crippen LogP contribution in [0, 0.1) is 0 Å². The van der Waals surface area contributed by atoms with Crippen LogP contribution in [0.25, 0.3) is 0 Å². The van der Waals surface area contributed by atoms with Crippen LogP contribution in [0.1, 0.15) is 20.3 Å². The Hall–Kier alpha value is -0.810. The van der Waals surface area contributed by atoms with Crippen molar-refractivity contribution in [3.8, 4) is 0 Å². The van der Waals surface area contributed by atoms with Crippen LogP contribution in [0.4, 0.5) is 4.79 Å². The maximum Gasteiger partial charge on any atom is 0.505 e. The minimum absolute atomic E-state index is 0.0813. The largest absolute Gasteiger partial charge is 0.505 e. The Kier molecular flexibility index (Phi) is 8.27. The molecule has 0 saturated carbocycles. The summed E-state index contributed by atoms with van der Waals surface area (Å²) in [5, 5.41) is 8.27.